The normalized spacial score (nSPS) is 20.8. The lowest BCUT2D eigenvalue weighted by Crippen LogP contribution is -2.45. The van der Waals surface area contributed by atoms with Crippen LogP contribution in [0.1, 0.15) is 74.5 Å². The molecule has 8 heteroatoms. The van der Waals surface area contributed by atoms with E-state index in [0.717, 1.165) is 78.5 Å². The number of amides is 2. The minimum atomic E-state index is -0.161. The first-order valence-corrected chi connectivity index (χ1v) is 14.8. The Kier molecular flexibility index (Phi) is 7.72. The number of nitrogens with zero attached hydrogens (tertiary/aromatic N) is 3. The fourth-order valence-electron chi connectivity index (χ4n) is 6.67. The zero-order chi connectivity index (χ0) is 28.3. The largest absolute Gasteiger partial charge is 0.490 e. The minimum Gasteiger partial charge on any atom is -0.490 e. The number of nitrogens with one attached hydrogen (secondary N) is 2. The van der Waals surface area contributed by atoms with Crippen molar-refractivity contribution in [1.82, 2.24) is 25.4 Å². The van der Waals surface area contributed by atoms with Crippen molar-refractivity contribution in [2.75, 3.05) is 0 Å². The van der Waals surface area contributed by atoms with Gasteiger partial charge in [0.1, 0.15) is 11.9 Å². The van der Waals surface area contributed by atoms with Gasteiger partial charge in [0.05, 0.1) is 22.9 Å². The van der Waals surface area contributed by atoms with E-state index in [9.17, 15) is 9.59 Å². The molecule has 2 aromatic heterocycles. The third-order valence-corrected chi connectivity index (χ3v) is 8.94. The molecular weight excluding hydrogens is 514 g/mol. The van der Waals surface area contributed by atoms with Gasteiger partial charge >= 0.3 is 0 Å². The number of carbonyl (C=O) groups excluding carboxylic acids is 2. The first kappa shape index (κ1) is 27.0. The van der Waals surface area contributed by atoms with E-state index in [-0.39, 0.29) is 24.0 Å². The predicted octanol–water partition coefficient (Wildman–Crippen LogP) is 6.06. The molecule has 8 nitrogen and oxygen atoms in total. The molecule has 4 heterocycles. The lowest BCUT2D eigenvalue weighted by molar-refractivity contribution is -0.123. The third kappa shape index (κ3) is 5.43. The van der Waals surface area contributed by atoms with Crippen LogP contribution in [-0.2, 0) is 4.79 Å². The molecule has 41 heavy (non-hydrogen) atoms. The van der Waals surface area contributed by atoms with Gasteiger partial charge in [-0.05, 0) is 73.4 Å². The molecule has 0 aliphatic carbocycles. The highest BCUT2D eigenvalue weighted by Crippen LogP contribution is 2.37. The van der Waals surface area contributed by atoms with E-state index in [2.05, 4.69) is 34.3 Å². The summed E-state index contributed by atoms with van der Waals surface area (Å²) in [6, 6.07) is 19.9. The van der Waals surface area contributed by atoms with Gasteiger partial charge in [-0.1, -0.05) is 32.8 Å². The van der Waals surface area contributed by atoms with Crippen LogP contribution < -0.4 is 10.1 Å². The van der Waals surface area contributed by atoms with Crippen molar-refractivity contribution in [3.05, 3.63) is 78.1 Å². The molecule has 2 aliphatic heterocycles. The molecule has 2 saturated heterocycles. The molecule has 2 N–H and O–H groups in total. The highest BCUT2D eigenvalue weighted by atomic mass is 16.5. The summed E-state index contributed by atoms with van der Waals surface area (Å²) in [4.78, 5) is 31.4. The number of benzene rings is 2. The van der Waals surface area contributed by atoms with Gasteiger partial charge < -0.3 is 15.0 Å². The Morgan fingerprint density at radius 3 is 2.49 bits per heavy atom. The molecule has 2 fully saturated rings. The van der Waals surface area contributed by atoms with Gasteiger partial charge in [-0.15, -0.1) is 0 Å². The van der Waals surface area contributed by atoms with Crippen LogP contribution in [0.15, 0.2) is 66.9 Å². The van der Waals surface area contributed by atoms with Crippen molar-refractivity contribution in [2.45, 2.75) is 76.6 Å². The summed E-state index contributed by atoms with van der Waals surface area (Å²) >= 11 is 0. The SMILES string of the molecule is CCC(CC)C(NC(=O)c1ccc2[nH]nc(-c3ccc(OC4CC5CCC(C4)N5C=O)cc3)c2c1)c1ccccn1. The summed E-state index contributed by atoms with van der Waals surface area (Å²) in [6.07, 6.45) is 8.68. The molecular formula is C33H37N5O3. The predicted molar refractivity (Wildman–Crippen MR) is 158 cm³/mol. The van der Waals surface area contributed by atoms with Crippen LogP contribution in [0.2, 0.25) is 0 Å². The maximum Gasteiger partial charge on any atom is 0.251 e. The maximum atomic E-state index is 13.5. The van der Waals surface area contributed by atoms with Crippen molar-refractivity contribution >= 4 is 23.2 Å². The molecule has 2 bridgehead atoms. The van der Waals surface area contributed by atoms with Crippen molar-refractivity contribution in [2.24, 2.45) is 5.92 Å². The zero-order valence-electron chi connectivity index (χ0n) is 23.6. The monoisotopic (exact) mass is 551 g/mol. The number of carbonyl (C=O) groups is 2. The van der Waals surface area contributed by atoms with Gasteiger partial charge in [0, 0.05) is 47.6 Å². The number of aromatic nitrogens is 3. The van der Waals surface area contributed by atoms with Crippen LogP contribution in [-0.4, -0.2) is 50.6 Å². The van der Waals surface area contributed by atoms with Crippen molar-refractivity contribution in [1.29, 1.82) is 0 Å². The highest BCUT2D eigenvalue weighted by molar-refractivity contribution is 6.01. The average molecular weight is 552 g/mol. The molecule has 0 spiro atoms. The van der Waals surface area contributed by atoms with Crippen LogP contribution in [0.3, 0.4) is 0 Å². The summed E-state index contributed by atoms with van der Waals surface area (Å²) in [5.41, 5.74) is 4.07. The van der Waals surface area contributed by atoms with Gasteiger partial charge in [-0.3, -0.25) is 19.7 Å². The average Bonchev–Trinajstić information content (AvgIpc) is 3.54. The van der Waals surface area contributed by atoms with Gasteiger partial charge in [-0.2, -0.15) is 5.10 Å². The van der Waals surface area contributed by atoms with E-state index in [1.807, 2.05) is 65.6 Å². The van der Waals surface area contributed by atoms with Crippen LogP contribution in [0.5, 0.6) is 5.75 Å². The summed E-state index contributed by atoms with van der Waals surface area (Å²) in [6.45, 7) is 4.30. The second-order valence-electron chi connectivity index (χ2n) is 11.3. The molecule has 2 aromatic carbocycles. The Balaban J connectivity index is 1.19. The van der Waals surface area contributed by atoms with Gasteiger partial charge in [0.15, 0.2) is 0 Å². The number of hydrogen-bond acceptors (Lipinski definition) is 5. The second kappa shape index (κ2) is 11.7. The topological polar surface area (TPSA) is 100 Å². The number of hydrogen-bond donors (Lipinski definition) is 2. The molecule has 212 valence electrons. The second-order valence-corrected chi connectivity index (χ2v) is 11.3. The maximum absolute atomic E-state index is 13.5. The number of piperidine rings is 1. The number of fused-ring (bicyclic) bond motifs is 3. The number of H-pyrrole nitrogens is 1. The Hall–Kier alpha value is -4.20. The Labute approximate surface area is 240 Å². The number of aromatic amines is 1. The third-order valence-electron chi connectivity index (χ3n) is 8.94. The smallest absolute Gasteiger partial charge is 0.251 e. The molecule has 3 unspecified atom stereocenters. The van der Waals surface area contributed by atoms with E-state index < -0.39 is 0 Å². The zero-order valence-corrected chi connectivity index (χ0v) is 23.6. The van der Waals surface area contributed by atoms with Crippen LogP contribution in [0, 0.1) is 5.92 Å². The molecule has 2 amide bonds. The summed E-state index contributed by atoms with van der Waals surface area (Å²) in [5, 5.41) is 11.8. The van der Waals surface area contributed by atoms with Crippen LogP contribution in [0.25, 0.3) is 22.2 Å². The molecule has 2 aliphatic rings. The molecule has 0 saturated carbocycles. The first-order valence-electron chi connectivity index (χ1n) is 14.8. The van der Waals surface area contributed by atoms with Crippen molar-refractivity contribution < 1.29 is 14.3 Å². The standard InChI is InChI=1S/C33H37N5O3/c1-3-21(4-2)32(30-7-5-6-16-34-30)35-33(40)23-10-15-29-28(17-23)31(37-36-29)22-8-13-26(14-9-22)41-27-18-24-11-12-25(19-27)38(24)20-39/h5-10,13-17,20-21,24-25,27,32H,3-4,11-12,18-19H2,1-2H3,(H,35,40)(H,36,37). The number of ether oxygens (including phenoxy) is 1. The molecule has 6 rings (SSSR count). The summed E-state index contributed by atoms with van der Waals surface area (Å²) in [5.74, 6) is 0.982. The Morgan fingerprint density at radius 2 is 1.83 bits per heavy atom. The van der Waals surface area contributed by atoms with E-state index in [4.69, 9.17) is 4.74 Å². The summed E-state index contributed by atoms with van der Waals surface area (Å²) < 4.78 is 6.32. The van der Waals surface area contributed by atoms with Gasteiger partial charge in [-0.25, -0.2) is 0 Å². The molecule has 0 radical (unpaired) electrons. The van der Waals surface area contributed by atoms with E-state index in [1.54, 1.807) is 6.20 Å². The fraction of sp³-hybridized carbons (Fsp3) is 0.394. The quantitative estimate of drug-likeness (QED) is 0.233. The first-order chi connectivity index (χ1) is 20.1. The van der Waals surface area contributed by atoms with Crippen LogP contribution in [0.4, 0.5) is 0 Å². The van der Waals surface area contributed by atoms with E-state index >= 15 is 0 Å². The molecule has 4 aromatic rings. The minimum absolute atomic E-state index is 0.122. The van der Waals surface area contributed by atoms with Crippen molar-refractivity contribution in [3.8, 4) is 17.0 Å². The van der Waals surface area contributed by atoms with Gasteiger partial charge in [0.2, 0.25) is 6.41 Å². The molecule has 3 atom stereocenters. The Morgan fingerprint density at radius 1 is 1.07 bits per heavy atom. The number of pyridine rings is 1. The van der Waals surface area contributed by atoms with Crippen molar-refractivity contribution in [3.63, 3.8) is 0 Å². The summed E-state index contributed by atoms with van der Waals surface area (Å²) in [7, 11) is 0. The fourth-order valence-corrected chi connectivity index (χ4v) is 6.67. The van der Waals surface area contributed by atoms with Crippen LogP contribution >= 0.6 is 0 Å². The lowest BCUT2D eigenvalue weighted by Gasteiger charge is -2.36. The Bertz CT molecular complexity index is 1480. The van der Waals surface area contributed by atoms with Gasteiger partial charge in [0.25, 0.3) is 5.91 Å². The lowest BCUT2D eigenvalue weighted by atomic mass is 9.91. The number of rotatable bonds is 10. The van der Waals surface area contributed by atoms with E-state index in [1.165, 1.54) is 0 Å². The van der Waals surface area contributed by atoms with E-state index in [0.29, 0.717) is 17.6 Å². The highest BCUT2D eigenvalue weighted by Gasteiger charge is 2.40.